The summed E-state index contributed by atoms with van der Waals surface area (Å²) >= 11 is 19.2. The van der Waals surface area contributed by atoms with Gasteiger partial charge in [-0.1, -0.05) is 52.6 Å². The number of carbonyl (C=O) groups excluding carboxylic acids is 1. The molecule has 0 atom stereocenters. The number of nitrogens with zero attached hydrogens (tertiary/aromatic N) is 4. The Labute approximate surface area is 180 Å². The highest BCUT2D eigenvalue weighted by atomic mass is 35.5. The Balaban J connectivity index is 1.72. The smallest absolute Gasteiger partial charge is 0.234 e. The fourth-order valence-electron chi connectivity index (χ4n) is 2.33. The van der Waals surface area contributed by atoms with Crippen molar-refractivity contribution in [2.75, 3.05) is 11.1 Å². The minimum absolute atomic E-state index is 0.110. The Kier molecular flexibility index (Phi) is 6.96. The van der Waals surface area contributed by atoms with Crippen LogP contribution in [-0.2, 0) is 11.3 Å². The lowest BCUT2D eigenvalue weighted by Gasteiger charge is -2.09. The van der Waals surface area contributed by atoms with Crippen molar-refractivity contribution in [3.8, 4) is 11.4 Å². The lowest BCUT2D eigenvalue weighted by molar-refractivity contribution is -0.113. The number of rotatable bonds is 7. The normalized spacial score (nSPS) is 10.7. The molecule has 3 aromatic rings. The van der Waals surface area contributed by atoms with Crippen LogP contribution in [-0.4, -0.2) is 31.4 Å². The second kappa shape index (κ2) is 9.43. The summed E-state index contributed by atoms with van der Waals surface area (Å²) in [6.07, 6.45) is 5.13. The number of nitrogens with one attached hydrogen (secondary N) is 1. The molecule has 0 saturated heterocycles. The van der Waals surface area contributed by atoms with E-state index in [1.807, 2.05) is 16.7 Å². The number of benzene rings is 1. The number of thioether (sulfide) groups is 1. The second-order valence-electron chi connectivity index (χ2n) is 5.53. The molecule has 0 aliphatic rings. The molecule has 1 amide bonds. The summed E-state index contributed by atoms with van der Waals surface area (Å²) in [6, 6.07) is 6.71. The monoisotopic (exact) mass is 453 g/mol. The number of halogens is 3. The molecule has 0 bridgehead atoms. The third kappa shape index (κ3) is 4.86. The van der Waals surface area contributed by atoms with Crippen LogP contribution < -0.4 is 5.32 Å². The van der Waals surface area contributed by atoms with Crippen molar-refractivity contribution < 1.29 is 4.79 Å². The number of aromatic nitrogens is 4. The van der Waals surface area contributed by atoms with Gasteiger partial charge in [-0.05, 0) is 24.3 Å². The van der Waals surface area contributed by atoms with Gasteiger partial charge in [-0.3, -0.25) is 14.3 Å². The van der Waals surface area contributed by atoms with Crippen molar-refractivity contribution in [2.24, 2.45) is 0 Å². The first-order chi connectivity index (χ1) is 13.5. The van der Waals surface area contributed by atoms with E-state index in [0.717, 1.165) is 5.56 Å². The van der Waals surface area contributed by atoms with Gasteiger partial charge in [0.05, 0.1) is 26.5 Å². The second-order valence-corrected chi connectivity index (χ2v) is 7.69. The van der Waals surface area contributed by atoms with Crippen molar-refractivity contribution in [1.82, 2.24) is 19.7 Å². The number of hydrogen-bond donors (Lipinski definition) is 1. The topological polar surface area (TPSA) is 72.7 Å². The van der Waals surface area contributed by atoms with Crippen LogP contribution in [0.2, 0.25) is 15.1 Å². The molecule has 6 nitrogen and oxygen atoms in total. The number of allylic oxidation sites excluding steroid dienone is 1. The van der Waals surface area contributed by atoms with E-state index in [2.05, 4.69) is 27.1 Å². The zero-order chi connectivity index (χ0) is 20.1. The molecule has 0 radical (unpaired) electrons. The standard InChI is InChI=1S/C18H14Cl3N5OS/c1-2-6-26-17(11-4-3-5-22-9-11)24-25-18(26)28-10-16(27)23-15-8-13(20)12(19)7-14(15)21/h2-5,7-9H,1,6,10H2,(H,23,27). The predicted molar refractivity (Wildman–Crippen MR) is 114 cm³/mol. The van der Waals surface area contributed by atoms with Gasteiger partial charge in [-0.25, -0.2) is 0 Å². The molecule has 0 fully saturated rings. The highest BCUT2D eigenvalue weighted by Gasteiger charge is 2.16. The molecular formula is C18H14Cl3N5OS. The van der Waals surface area contributed by atoms with Crippen molar-refractivity contribution >= 4 is 58.2 Å². The summed E-state index contributed by atoms with van der Waals surface area (Å²) in [5.41, 5.74) is 1.22. The van der Waals surface area contributed by atoms with Crippen molar-refractivity contribution in [1.29, 1.82) is 0 Å². The van der Waals surface area contributed by atoms with E-state index in [1.54, 1.807) is 18.5 Å². The van der Waals surface area contributed by atoms with Crippen LogP contribution in [0.4, 0.5) is 5.69 Å². The highest BCUT2D eigenvalue weighted by Crippen LogP contribution is 2.32. The van der Waals surface area contributed by atoms with Gasteiger partial charge in [0.1, 0.15) is 0 Å². The molecule has 0 aliphatic heterocycles. The Morgan fingerprint density at radius 3 is 2.71 bits per heavy atom. The van der Waals surface area contributed by atoms with Crippen molar-refractivity contribution in [3.05, 3.63) is 64.4 Å². The van der Waals surface area contributed by atoms with E-state index in [9.17, 15) is 4.79 Å². The maximum atomic E-state index is 12.3. The number of pyridine rings is 1. The SMILES string of the molecule is C=CCn1c(SCC(=O)Nc2cc(Cl)c(Cl)cc2Cl)nnc1-c1cccnc1. The predicted octanol–water partition coefficient (Wildman–Crippen LogP) is 5.22. The first-order valence-corrected chi connectivity index (χ1v) is 10.1. The van der Waals surface area contributed by atoms with E-state index < -0.39 is 0 Å². The molecule has 0 saturated carbocycles. The molecule has 0 aliphatic carbocycles. The van der Waals surface area contributed by atoms with Crippen LogP contribution in [0.15, 0.2) is 54.5 Å². The molecule has 1 aromatic carbocycles. The summed E-state index contributed by atoms with van der Waals surface area (Å²) < 4.78 is 1.87. The van der Waals surface area contributed by atoms with Crippen LogP contribution in [0.1, 0.15) is 0 Å². The Morgan fingerprint density at radius 2 is 2.00 bits per heavy atom. The first kappa shape index (κ1) is 20.7. The van der Waals surface area contributed by atoms with Crippen LogP contribution in [0.3, 0.4) is 0 Å². The minimum Gasteiger partial charge on any atom is -0.324 e. The molecule has 2 aromatic heterocycles. The first-order valence-electron chi connectivity index (χ1n) is 8.01. The quantitative estimate of drug-likeness (QED) is 0.301. The Bertz CT molecular complexity index is 1010. The van der Waals surface area contributed by atoms with E-state index in [0.29, 0.717) is 38.3 Å². The van der Waals surface area contributed by atoms with Crippen LogP contribution >= 0.6 is 46.6 Å². The molecule has 3 rings (SSSR count). The number of anilines is 1. The Morgan fingerprint density at radius 1 is 1.21 bits per heavy atom. The van der Waals surface area contributed by atoms with E-state index in [1.165, 1.54) is 23.9 Å². The van der Waals surface area contributed by atoms with Crippen molar-refractivity contribution in [2.45, 2.75) is 11.7 Å². The maximum Gasteiger partial charge on any atom is 0.234 e. The fraction of sp³-hybridized carbons (Fsp3) is 0.111. The summed E-state index contributed by atoms with van der Waals surface area (Å²) in [5, 5.41) is 12.7. The highest BCUT2D eigenvalue weighted by molar-refractivity contribution is 7.99. The van der Waals surface area contributed by atoms with E-state index in [4.69, 9.17) is 34.8 Å². The number of amides is 1. The summed E-state index contributed by atoms with van der Waals surface area (Å²) in [5.74, 6) is 0.503. The number of carbonyl (C=O) groups is 1. The van der Waals surface area contributed by atoms with Gasteiger partial charge in [-0.15, -0.1) is 16.8 Å². The third-order valence-electron chi connectivity index (χ3n) is 3.56. The molecule has 144 valence electrons. The third-order valence-corrected chi connectivity index (χ3v) is 5.57. The summed E-state index contributed by atoms with van der Waals surface area (Å²) in [7, 11) is 0. The van der Waals surface area contributed by atoms with Gasteiger partial charge in [0.2, 0.25) is 5.91 Å². The largest absolute Gasteiger partial charge is 0.324 e. The van der Waals surface area contributed by atoms with Crippen LogP contribution in [0, 0.1) is 0 Å². The van der Waals surface area contributed by atoms with E-state index >= 15 is 0 Å². The minimum atomic E-state index is -0.263. The Hall–Kier alpha value is -2.06. The molecule has 2 heterocycles. The molecule has 0 unspecified atom stereocenters. The van der Waals surface area contributed by atoms with Gasteiger partial charge in [0.15, 0.2) is 11.0 Å². The van der Waals surface area contributed by atoms with Crippen LogP contribution in [0.5, 0.6) is 0 Å². The fourth-order valence-corrected chi connectivity index (χ4v) is 3.67. The average molecular weight is 455 g/mol. The maximum absolute atomic E-state index is 12.3. The van der Waals surface area contributed by atoms with Gasteiger partial charge in [0, 0.05) is 24.5 Å². The van der Waals surface area contributed by atoms with Gasteiger partial charge in [0.25, 0.3) is 0 Å². The summed E-state index contributed by atoms with van der Waals surface area (Å²) in [4.78, 5) is 16.4. The average Bonchev–Trinajstić information content (AvgIpc) is 3.08. The zero-order valence-electron chi connectivity index (χ0n) is 14.4. The zero-order valence-corrected chi connectivity index (χ0v) is 17.5. The lowest BCUT2D eigenvalue weighted by atomic mass is 10.3. The molecule has 1 N–H and O–H groups in total. The van der Waals surface area contributed by atoms with Gasteiger partial charge >= 0.3 is 0 Å². The summed E-state index contributed by atoms with van der Waals surface area (Å²) in [6.45, 7) is 4.27. The number of hydrogen-bond acceptors (Lipinski definition) is 5. The van der Waals surface area contributed by atoms with E-state index in [-0.39, 0.29) is 11.7 Å². The molecule has 28 heavy (non-hydrogen) atoms. The molecule has 0 spiro atoms. The lowest BCUT2D eigenvalue weighted by Crippen LogP contribution is -2.15. The molecular weight excluding hydrogens is 441 g/mol. The van der Waals surface area contributed by atoms with Crippen molar-refractivity contribution in [3.63, 3.8) is 0 Å². The molecule has 10 heteroatoms. The van der Waals surface area contributed by atoms with Gasteiger partial charge in [-0.2, -0.15) is 0 Å². The van der Waals surface area contributed by atoms with Crippen LogP contribution in [0.25, 0.3) is 11.4 Å². The van der Waals surface area contributed by atoms with Gasteiger partial charge < -0.3 is 5.32 Å².